The molecule has 0 spiro atoms. The van der Waals surface area contributed by atoms with Crippen LogP contribution in [0.5, 0.6) is 0 Å². The fourth-order valence-electron chi connectivity index (χ4n) is 3.12. The number of unbranched alkanes of at least 4 members (excludes halogenated alkanes) is 4. The monoisotopic (exact) mass is 310 g/mol. The molecule has 4 nitrogen and oxygen atoms in total. The third kappa shape index (κ3) is 7.21. The summed E-state index contributed by atoms with van der Waals surface area (Å²) in [5, 5.41) is 18.2. The first-order valence-electron chi connectivity index (χ1n) is 8.65. The molecular weight excluding hydrogens is 280 g/mol. The second kappa shape index (κ2) is 10.5. The molecule has 3 atom stereocenters. The second-order valence-electron chi connectivity index (χ2n) is 6.34. The van der Waals surface area contributed by atoms with Crippen LogP contribution in [0.4, 0.5) is 0 Å². The summed E-state index contributed by atoms with van der Waals surface area (Å²) < 4.78 is 0. The Morgan fingerprint density at radius 3 is 2.64 bits per heavy atom. The van der Waals surface area contributed by atoms with E-state index in [0.717, 1.165) is 44.9 Å². The molecule has 0 saturated heterocycles. The minimum atomic E-state index is -0.722. The molecule has 0 aromatic carbocycles. The standard InChI is InChI=1S/C18H30O4/c1-2-15(19)12-10-14-11-13-17(20)16(14)8-6-4-3-5-7-9-18(21)22/h10,12,14-16,19H,2-9,11,13H2,1H3,(H,21,22). The van der Waals surface area contributed by atoms with E-state index in [-0.39, 0.29) is 12.3 Å². The van der Waals surface area contributed by atoms with E-state index in [4.69, 9.17) is 5.11 Å². The molecule has 2 N–H and O–H groups in total. The zero-order valence-corrected chi connectivity index (χ0v) is 13.7. The summed E-state index contributed by atoms with van der Waals surface area (Å²) >= 11 is 0. The van der Waals surface area contributed by atoms with Gasteiger partial charge in [-0.05, 0) is 31.6 Å². The molecule has 1 aliphatic carbocycles. The molecule has 126 valence electrons. The average molecular weight is 310 g/mol. The molecule has 22 heavy (non-hydrogen) atoms. The number of carbonyl (C=O) groups excluding carboxylic acids is 1. The van der Waals surface area contributed by atoms with Crippen molar-refractivity contribution in [2.45, 2.75) is 77.2 Å². The molecule has 3 unspecified atom stereocenters. The maximum Gasteiger partial charge on any atom is 0.303 e. The van der Waals surface area contributed by atoms with Gasteiger partial charge in [-0.2, -0.15) is 0 Å². The normalized spacial score (nSPS) is 23.3. The van der Waals surface area contributed by atoms with E-state index in [9.17, 15) is 14.7 Å². The molecule has 0 amide bonds. The third-order valence-corrected chi connectivity index (χ3v) is 4.56. The first-order chi connectivity index (χ1) is 10.5. The SMILES string of the molecule is CCC(O)C=CC1CCC(=O)C1CCCCCCCC(=O)O. The highest BCUT2D eigenvalue weighted by molar-refractivity contribution is 5.83. The molecule has 1 rings (SSSR count). The Morgan fingerprint density at radius 1 is 1.27 bits per heavy atom. The minimum Gasteiger partial charge on any atom is -0.481 e. The number of aliphatic hydroxyl groups excluding tert-OH is 1. The largest absolute Gasteiger partial charge is 0.481 e. The fourth-order valence-corrected chi connectivity index (χ4v) is 3.12. The lowest BCUT2D eigenvalue weighted by molar-refractivity contribution is -0.137. The molecule has 0 aromatic heterocycles. The van der Waals surface area contributed by atoms with Crippen LogP contribution in [-0.2, 0) is 9.59 Å². The summed E-state index contributed by atoms with van der Waals surface area (Å²) in [6, 6.07) is 0. The van der Waals surface area contributed by atoms with Gasteiger partial charge in [-0.1, -0.05) is 44.8 Å². The summed E-state index contributed by atoms with van der Waals surface area (Å²) in [7, 11) is 0. The summed E-state index contributed by atoms with van der Waals surface area (Å²) in [6.07, 6.45) is 11.8. The molecule has 4 heteroatoms. The van der Waals surface area contributed by atoms with E-state index in [0.29, 0.717) is 24.5 Å². The fraction of sp³-hybridized carbons (Fsp3) is 0.778. The molecule has 0 aliphatic heterocycles. The summed E-state index contributed by atoms with van der Waals surface area (Å²) in [5.41, 5.74) is 0. The number of Topliss-reactive ketones (excluding diaryl/α,β-unsaturated/α-hetero) is 1. The van der Waals surface area contributed by atoms with Crippen LogP contribution in [0.3, 0.4) is 0 Å². The van der Waals surface area contributed by atoms with Crippen LogP contribution in [0.2, 0.25) is 0 Å². The van der Waals surface area contributed by atoms with Gasteiger partial charge >= 0.3 is 5.97 Å². The van der Waals surface area contributed by atoms with Crippen molar-refractivity contribution in [3.8, 4) is 0 Å². The van der Waals surface area contributed by atoms with Crippen LogP contribution in [0.15, 0.2) is 12.2 Å². The van der Waals surface area contributed by atoms with Crippen LogP contribution in [0, 0.1) is 11.8 Å². The predicted octanol–water partition coefficient (Wildman–Crippen LogP) is 3.72. The van der Waals surface area contributed by atoms with Crippen molar-refractivity contribution in [2.24, 2.45) is 11.8 Å². The van der Waals surface area contributed by atoms with Crippen molar-refractivity contribution in [2.75, 3.05) is 0 Å². The van der Waals surface area contributed by atoms with Gasteiger partial charge in [0.1, 0.15) is 5.78 Å². The van der Waals surface area contributed by atoms with Crippen molar-refractivity contribution in [3.05, 3.63) is 12.2 Å². The molecule has 0 heterocycles. The predicted molar refractivity (Wildman–Crippen MR) is 86.6 cm³/mol. The molecule has 1 fully saturated rings. The lowest BCUT2D eigenvalue weighted by Crippen LogP contribution is -2.14. The molecule has 1 saturated carbocycles. The minimum absolute atomic E-state index is 0.124. The van der Waals surface area contributed by atoms with Gasteiger partial charge in [0.2, 0.25) is 0 Å². The van der Waals surface area contributed by atoms with Crippen molar-refractivity contribution in [1.29, 1.82) is 0 Å². The summed E-state index contributed by atoms with van der Waals surface area (Å²) in [6.45, 7) is 1.94. The maximum absolute atomic E-state index is 12.0. The summed E-state index contributed by atoms with van der Waals surface area (Å²) in [4.78, 5) is 22.4. The van der Waals surface area contributed by atoms with Crippen molar-refractivity contribution >= 4 is 11.8 Å². The van der Waals surface area contributed by atoms with Gasteiger partial charge < -0.3 is 10.2 Å². The van der Waals surface area contributed by atoms with Crippen LogP contribution in [-0.4, -0.2) is 28.1 Å². The lowest BCUT2D eigenvalue weighted by atomic mass is 9.89. The molecule has 1 aliphatic rings. The second-order valence-corrected chi connectivity index (χ2v) is 6.34. The van der Waals surface area contributed by atoms with E-state index in [1.165, 1.54) is 0 Å². The van der Waals surface area contributed by atoms with E-state index >= 15 is 0 Å². The number of hydrogen-bond donors (Lipinski definition) is 2. The van der Waals surface area contributed by atoms with Gasteiger partial charge in [-0.25, -0.2) is 0 Å². The third-order valence-electron chi connectivity index (χ3n) is 4.56. The van der Waals surface area contributed by atoms with E-state index in [2.05, 4.69) is 0 Å². The van der Waals surface area contributed by atoms with Crippen molar-refractivity contribution in [3.63, 3.8) is 0 Å². The Balaban J connectivity index is 2.22. The number of carbonyl (C=O) groups is 2. The first kappa shape index (κ1) is 18.9. The number of hydrogen-bond acceptors (Lipinski definition) is 3. The maximum atomic E-state index is 12.0. The van der Waals surface area contributed by atoms with Gasteiger partial charge in [-0.3, -0.25) is 9.59 Å². The van der Waals surface area contributed by atoms with E-state index < -0.39 is 12.1 Å². The highest BCUT2D eigenvalue weighted by Crippen LogP contribution is 2.34. The quantitative estimate of drug-likeness (QED) is 0.450. The van der Waals surface area contributed by atoms with Gasteiger partial charge in [0.15, 0.2) is 0 Å². The Morgan fingerprint density at radius 2 is 1.95 bits per heavy atom. The van der Waals surface area contributed by atoms with E-state index in [1.54, 1.807) is 0 Å². The smallest absolute Gasteiger partial charge is 0.303 e. The van der Waals surface area contributed by atoms with Crippen LogP contribution in [0.25, 0.3) is 0 Å². The molecule has 0 aromatic rings. The average Bonchev–Trinajstić information content (AvgIpc) is 2.84. The van der Waals surface area contributed by atoms with E-state index in [1.807, 2.05) is 19.1 Å². The first-order valence-corrected chi connectivity index (χ1v) is 8.65. The Bertz CT molecular complexity index is 375. The highest BCUT2D eigenvalue weighted by atomic mass is 16.4. The zero-order chi connectivity index (χ0) is 16.4. The Hall–Kier alpha value is -1.16. The van der Waals surface area contributed by atoms with Gasteiger partial charge in [0.25, 0.3) is 0 Å². The highest BCUT2D eigenvalue weighted by Gasteiger charge is 2.32. The topological polar surface area (TPSA) is 74.6 Å². The van der Waals surface area contributed by atoms with Gasteiger partial charge in [0, 0.05) is 18.8 Å². The number of aliphatic hydroxyl groups is 1. The number of allylic oxidation sites excluding steroid dienone is 1. The van der Waals surface area contributed by atoms with Crippen molar-refractivity contribution < 1.29 is 19.8 Å². The van der Waals surface area contributed by atoms with Crippen LogP contribution >= 0.6 is 0 Å². The summed E-state index contributed by atoms with van der Waals surface area (Å²) in [5.74, 6) is 0.0620. The number of carboxylic acids is 1. The molecule has 0 radical (unpaired) electrons. The van der Waals surface area contributed by atoms with Crippen LogP contribution in [0.1, 0.15) is 71.1 Å². The van der Waals surface area contributed by atoms with Gasteiger partial charge in [-0.15, -0.1) is 0 Å². The van der Waals surface area contributed by atoms with Crippen molar-refractivity contribution in [1.82, 2.24) is 0 Å². The van der Waals surface area contributed by atoms with Gasteiger partial charge in [0.05, 0.1) is 6.10 Å². The Kier molecular flexibility index (Phi) is 9.05. The van der Waals surface area contributed by atoms with Crippen LogP contribution < -0.4 is 0 Å². The Labute approximate surface area is 133 Å². The lowest BCUT2D eigenvalue weighted by Gasteiger charge is -2.15. The number of aliphatic carboxylic acids is 1. The molecule has 0 bridgehead atoms. The molecular formula is C18H30O4. The number of ketones is 1. The number of rotatable bonds is 11. The number of carboxylic acid groups (broad SMARTS) is 1. The zero-order valence-electron chi connectivity index (χ0n) is 13.7.